The lowest BCUT2D eigenvalue weighted by Crippen LogP contribution is -2.69. The number of hydrogen-bond acceptors (Lipinski definition) is 5. The minimum Gasteiger partial charge on any atom is -0.464 e. The van der Waals surface area contributed by atoms with Gasteiger partial charge >= 0.3 is 11.9 Å². The number of rotatable bonds is 39. The van der Waals surface area contributed by atoms with Gasteiger partial charge in [0, 0.05) is 19.3 Å². The van der Waals surface area contributed by atoms with Crippen molar-refractivity contribution in [1.29, 1.82) is 0 Å². The van der Waals surface area contributed by atoms with Gasteiger partial charge in [0.15, 0.2) is 6.04 Å². The quantitative estimate of drug-likeness (QED) is 0.0407. The van der Waals surface area contributed by atoms with Gasteiger partial charge in [-0.25, -0.2) is 0 Å². The molecule has 7 nitrogen and oxygen atoms in total. The highest BCUT2D eigenvalue weighted by Crippen LogP contribution is 2.13. The Hall–Kier alpha value is -2.93. The van der Waals surface area contributed by atoms with Gasteiger partial charge in [-0.1, -0.05) is 171 Å². The molecule has 3 N–H and O–H groups in total. The summed E-state index contributed by atoms with van der Waals surface area (Å²) in [6.07, 6.45) is 42.2. The molecule has 0 radical (unpaired) electrons. The van der Waals surface area contributed by atoms with Crippen LogP contribution in [0.4, 0.5) is 0 Å². The molecule has 0 saturated carbocycles. The number of unbranched alkanes of at least 4 members (excludes halogenated alkanes) is 22. The third kappa shape index (κ3) is 32.2. The van der Waals surface area contributed by atoms with Crippen LogP contribution in [0.15, 0.2) is 54.6 Å². The summed E-state index contributed by atoms with van der Waals surface area (Å²) < 4.78 is 11.1. The summed E-state index contributed by atoms with van der Waals surface area (Å²) in [6.45, 7) is 5.27. The predicted octanol–water partition coefficient (Wildman–Crippen LogP) is 11.8. The van der Waals surface area contributed by atoms with Crippen LogP contribution in [0.25, 0.3) is 0 Å². The first-order chi connectivity index (χ1) is 27.5. The first-order valence-corrected chi connectivity index (χ1v) is 23.2. The molecule has 0 aliphatic heterocycles. The van der Waals surface area contributed by atoms with Crippen molar-refractivity contribution in [2.45, 2.75) is 206 Å². The molecule has 1 atom stereocenters. The Morgan fingerprint density at radius 1 is 0.536 bits per heavy atom. The molecule has 0 fully saturated rings. The van der Waals surface area contributed by atoms with E-state index in [-0.39, 0.29) is 44.1 Å². The molecule has 7 heteroatoms. The number of quaternary nitrogens is 1. The van der Waals surface area contributed by atoms with Crippen LogP contribution in [0.3, 0.4) is 0 Å². The van der Waals surface area contributed by atoms with Crippen LogP contribution in [0.2, 0.25) is 0 Å². The lowest BCUT2D eigenvalue weighted by molar-refractivity contribution is -0.405. The topological polar surface area (TPSA) is 101 Å². The van der Waals surface area contributed by atoms with Crippen molar-refractivity contribution in [1.82, 2.24) is 4.90 Å². The maximum absolute atomic E-state index is 13.4. The monoisotopic (exact) mass is 782 g/mol. The third-order valence-corrected chi connectivity index (χ3v) is 10.5. The molecule has 320 valence electrons. The van der Waals surface area contributed by atoms with E-state index in [0.717, 1.165) is 56.9 Å². The largest absolute Gasteiger partial charge is 0.464 e. The highest BCUT2D eigenvalue weighted by Gasteiger charge is 2.25. The van der Waals surface area contributed by atoms with E-state index in [2.05, 4.69) is 43.9 Å². The van der Waals surface area contributed by atoms with Gasteiger partial charge < -0.3 is 20.1 Å². The normalized spacial score (nSPS) is 12.1. The fourth-order valence-corrected chi connectivity index (χ4v) is 6.94. The van der Waals surface area contributed by atoms with Crippen LogP contribution < -0.4 is 5.73 Å². The van der Waals surface area contributed by atoms with E-state index in [1.54, 1.807) is 4.90 Å². The van der Waals surface area contributed by atoms with E-state index < -0.39 is 6.04 Å². The molecule has 0 heterocycles. The van der Waals surface area contributed by atoms with Gasteiger partial charge in [0.2, 0.25) is 0 Å². The summed E-state index contributed by atoms with van der Waals surface area (Å²) in [4.78, 5) is 40.0. The van der Waals surface area contributed by atoms with Crippen LogP contribution in [0.5, 0.6) is 0 Å². The Morgan fingerprint density at radius 3 is 1.29 bits per heavy atom. The number of amides is 1. The van der Waals surface area contributed by atoms with Crippen LogP contribution in [-0.2, 0) is 30.3 Å². The third-order valence-electron chi connectivity index (χ3n) is 10.5. The second kappa shape index (κ2) is 38.9. The number of ether oxygens (including phenoxy) is 2. The smallest absolute Gasteiger partial charge is 0.305 e. The molecule has 0 aliphatic carbocycles. The Morgan fingerprint density at radius 2 is 0.893 bits per heavy atom. The van der Waals surface area contributed by atoms with Crippen molar-refractivity contribution in [2.24, 2.45) is 0 Å². The summed E-state index contributed by atoms with van der Waals surface area (Å²) in [7, 11) is 0. The molecule has 0 spiro atoms. The standard InChI is InChI=1S/C49H84N2O5/c1-3-5-7-9-11-13-15-17-19-21-23-25-27-29-34-38-47(52)55-42-40-51(49(54)46(50)44-45-36-32-31-33-37-45)41-43-56-48(53)39-35-30-28-26-24-22-20-18-16-14-12-10-8-6-4-2/h17-20,31-33,36-37,46H,3-16,21-30,34-35,38-44,50H2,1-2H3/p+1/b19-17-,20-18-/t46-/m0/s1. The lowest BCUT2D eigenvalue weighted by Gasteiger charge is -2.24. The van der Waals surface area contributed by atoms with Crippen LogP contribution in [-0.4, -0.2) is 55.1 Å². The average Bonchev–Trinajstić information content (AvgIpc) is 3.20. The number of allylic oxidation sites excluding steroid dienone is 4. The van der Waals surface area contributed by atoms with Crippen molar-refractivity contribution in [3.8, 4) is 0 Å². The van der Waals surface area contributed by atoms with Crippen molar-refractivity contribution in [2.75, 3.05) is 26.3 Å². The first-order valence-electron chi connectivity index (χ1n) is 23.2. The summed E-state index contributed by atoms with van der Waals surface area (Å²) in [6, 6.07) is 9.35. The maximum Gasteiger partial charge on any atom is 0.305 e. The zero-order valence-electron chi connectivity index (χ0n) is 36.3. The van der Waals surface area contributed by atoms with E-state index in [9.17, 15) is 14.4 Å². The first kappa shape index (κ1) is 51.1. The summed E-state index contributed by atoms with van der Waals surface area (Å²) >= 11 is 0. The Balaban J connectivity index is 2.25. The Bertz CT molecular complexity index is 1060. The molecular formula is C49H85N2O5+. The fraction of sp³-hybridized carbons (Fsp3) is 0.735. The van der Waals surface area contributed by atoms with Gasteiger partial charge in [0.05, 0.1) is 13.1 Å². The number of benzene rings is 1. The fourth-order valence-electron chi connectivity index (χ4n) is 6.94. The summed E-state index contributed by atoms with van der Waals surface area (Å²) in [5.41, 5.74) is 5.18. The minimum atomic E-state index is -0.490. The molecular weight excluding hydrogens is 697 g/mol. The number of carbonyl (C=O) groups is 3. The van der Waals surface area contributed by atoms with E-state index in [1.807, 2.05) is 30.3 Å². The number of esters is 2. The van der Waals surface area contributed by atoms with Crippen LogP contribution in [0, 0.1) is 0 Å². The molecule has 1 amide bonds. The number of nitrogens with zero attached hydrogens (tertiary/aromatic N) is 1. The molecule has 56 heavy (non-hydrogen) atoms. The highest BCUT2D eigenvalue weighted by molar-refractivity contribution is 5.80. The molecule has 1 aromatic carbocycles. The van der Waals surface area contributed by atoms with Crippen molar-refractivity contribution in [3.05, 3.63) is 60.2 Å². The predicted molar refractivity (Wildman–Crippen MR) is 234 cm³/mol. The van der Waals surface area contributed by atoms with Crippen LogP contribution in [0.1, 0.15) is 199 Å². The van der Waals surface area contributed by atoms with Gasteiger partial charge in [0.1, 0.15) is 13.2 Å². The molecule has 0 unspecified atom stereocenters. The minimum absolute atomic E-state index is 0.122. The number of carbonyl (C=O) groups excluding carboxylic acids is 3. The molecule has 1 rings (SSSR count). The number of hydrogen-bond donors (Lipinski definition) is 1. The molecule has 0 saturated heterocycles. The summed E-state index contributed by atoms with van der Waals surface area (Å²) in [5, 5.41) is 0. The second-order valence-electron chi connectivity index (χ2n) is 15.8. The average molecular weight is 782 g/mol. The Kier molecular flexibility index (Phi) is 35.5. The van der Waals surface area contributed by atoms with Crippen molar-refractivity contribution in [3.63, 3.8) is 0 Å². The van der Waals surface area contributed by atoms with Gasteiger partial charge in [-0.15, -0.1) is 0 Å². The van der Waals surface area contributed by atoms with E-state index in [1.165, 1.54) is 116 Å². The van der Waals surface area contributed by atoms with E-state index in [0.29, 0.717) is 19.3 Å². The zero-order valence-corrected chi connectivity index (χ0v) is 36.3. The van der Waals surface area contributed by atoms with Gasteiger partial charge in [-0.3, -0.25) is 14.4 Å². The SMILES string of the molecule is CCCCCCCC/C=C\CCCCCCCC(=O)OCCN(CCOC(=O)CCCCCCC/C=C\CCCCCCCC)C(=O)[C@@H]([NH3+])Cc1ccccc1. The van der Waals surface area contributed by atoms with E-state index in [4.69, 9.17) is 9.47 Å². The molecule has 0 bridgehead atoms. The molecule has 1 aromatic rings. The zero-order chi connectivity index (χ0) is 40.6. The van der Waals surface area contributed by atoms with Crippen molar-refractivity contribution < 1.29 is 29.6 Å². The molecule has 0 aromatic heterocycles. The summed E-state index contributed by atoms with van der Waals surface area (Å²) in [5.74, 6) is -0.579. The maximum atomic E-state index is 13.4. The van der Waals surface area contributed by atoms with Crippen LogP contribution >= 0.6 is 0 Å². The van der Waals surface area contributed by atoms with Gasteiger partial charge in [-0.05, 0) is 69.8 Å². The second-order valence-corrected chi connectivity index (χ2v) is 15.8. The highest BCUT2D eigenvalue weighted by atomic mass is 16.5. The van der Waals surface area contributed by atoms with E-state index >= 15 is 0 Å². The van der Waals surface area contributed by atoms with Gasteiger partial charge in [-0.2, -0.15) is 0 Å². The lowest BCUT2D eigenvalue weighted by atomic mass is 10.1. The Labute approximate surface area is 344 Å². The van der Waals surface area contributed by atoms with Crippen molar-refractivity contribution >= 4 is 17.8 Å². The van der Waals surface area contributed by atoms with Gasteiger partial charge in [0.25, 0.3) is 5.91 Å². The molecule has 0 aliphatic rings.